The summed E-state index contributed by atoms with van der Waals surface area (Å²) in [4.78, 5) is 25.6. The summed E-state index contributed by atoms with van der Waals surface area (Å²) in [6, 6.07) is 6.25. The fourth-order valence-corrected chi connectivity index (χ4v) is 3.56. The number of hydrogen-bond acceptors (Lipinski definition) is 4. The third-order valence-electron chi connectivity index (χ3n) is 4.93. The molecule has 6 nitrogen and oxygen atoms in total. The van der Waals surface area contributed by atoms with Gasteiger partial charge in [-0.2, -0.15) is 5.10 Å². The van der Waals surface area contributed by atoms with Crippen molar-refractivity contribution in [3.63, 3.8) is 0 Å². The van der Waals surface area contributed by atoms with Gasteiger partial charge in [0.2, 0.25) is 5.91 Å². The number of nitrogens with zero attached hydrogens (tertiary/aromatic N) is 2. The highest BCUT2D eigenvalue weighted by Crippen LogP contribution is 2.33. The number of hydrazone groups is 1. The molecule has 2 heterocycles. The Hall–Kier alpha value is -2.28. The van der Waals surface area contributed by atoms with Crippen LogP contribution in [0.15, 0.2) is 29.4 Å². The van der Waals surface area contributed by atoms with E-state index in [-0.39, 0.29) is 30.7 Å². The Morgan fingerprint density at radius 1 is 1.32 bits per heavy atom. The summed E-state index contributed by atoms with van der Waals surface area (Å²) in [7, 11) is 0. The van der Waals surface area contributed by atoms with Gasteiger partial charge in [-0.25, -0.2) is 9.82 Å². The van der Waals surface area contributed by atoms with Crippen molar-refractivity contribution in [2.75, 3.05) is 19.7 Å². The normalized spacial score (nSPS) is 23.8. The first kappa shape index (κ1) is 17.5. The van der Waals surface area contributed by atoms with Gasteiger partial charge < -0.3 is 10.0 Å². The molecule has 2 aliphatic rings. The van der Waals surface area contributed by atoms with Gasteiger partial charge in [-0.15, -0.1) is 0 Å². The minimum atomic E-state index is -0.440. The van der Waals surface area contributed by atoms with Crippen LogP contribution in [0.4, 0.5) is 4.39 Å². The van der Waals surface area contributed by atoms with E-state index in [0.717, 1.165) is 18.4 Å². The van der Waals surface area contributed by atoms with Crippen molar-refractivity contribution in [1.29, 1.82) is 0 Å². The lowest BCUT2D eigenvalue weighted by atomic mass is 9.75. The average molecular weight is 347 g/mol. The molecular formula is C18H22FN3O3. The number of piperidine rings is 1. The van der Waals surface area contributed by atoms with Crippen molar-refractivity contribution >= 4 is 17.5 Å². The second-order valence-corrected chi connectivity index (χ2v) is 6.89. The van der Waals surface area contributed by atoms with E-state index >= 15 is 0 Å². The molecule has 1 fully saturated rings. The zero-order valence-electron chi connectivity index (χ0n) is 14.0. The zero-order valence-corrected chi connectivity index (χ0v) is 14.0. The predicted octanol–water partition coefficient (Wildman–Crippen LogP) is 1.24. The fourth-order valence-electron chi connectivity index (χ4n) is 3.56. The summed E-state index contributed by atoms with van der Waals surface area (Å²) in [6.07, 6.45) is 2.77. The maximum absolute atomic E-state index is 13.1. The molecule has 0 spiro atoms. The van der Waals surface area contributed by atoms with Gasteiger partial charge in [-0.05, 0) is 37.0 Å². The lowest BCUT2D eigenvalue weighted by Crippen LogP contribution is -2.51. The third kappa shape index (κ3) is 4.04. The van der Waals surface area contributed by atoms with Gasteiger partial charge in [0, 0.05) is 31.3 Å². The number of likely N-dealkylation sites (tertiary alicyclic amines) is 1. The minimum absolute atomic E-state index is 0.0443. The smallest absolute Gasteiger partial charge is 0.270 e. The van der Waals surface area contributed by atoms with E-state index in [1.807, 2.05) is 0 Å². The molecule has 1 saturated heterocycles. The minimum Gasteiger partial charge on any atom is -0.396 e. The maximum Gasteiger partial charge on any atom is 0.270 e. The van der Waals surface area contributed by atoms with Crippen molar-refractivity contribution in [1.82, 2.24) is 10.3 Å². The molecule has 0 unspecified atom stereocenters. The van der Waals surface area contributed by atoms with Crippen LogP contribution in [0, 0.1) is 11.2 Å². The Labute approximate surface area is 145 Å². The Kier molecular flexibility index (Phi) is 5.13. The summed E-state index contributed by atoms with van der Waals surface area (Å²) < 4.78 is 13.1. The topological polar surface area (TPSA) is 82.0 Å². The monoisotopic (exact) mass is 347 g/mol. The van der Waals surface area contributed by atoms with E-state index < -0.39 is 5.41 Å². The van der Waals surface area contributed by atoms with Gasteiger partial charge >= 0.3 is 0 Å². The number of halogens is 1. The lowest BCUT2D eigenvalue weighted by molar-refractivity contribution is -0.128. The largest absolute Gasteiger partial charge is 0.396 e. The SMILES string of the molecule is O=C1CCC(C(=O)N2CCC[C@@](CO)(Cc3ccc(F)cc3)C2)=NN1. The third-order valence-corrected chi connectivity index (χ3v) is 4.93. The maximum atomic E-state index is 13.1. The van der Waals surface area contributed by atoms with Crippen LogP contribution in [0.5, 0.6) is 0 Å². The highest BCUT2D eigenvalue weighted by atomic mass is 19.1. The molecular weight excluding hydrogens is 325 g/mol. The first-order chi connectivity index (χ1) is 12.0. The van der Waals surface area contributed by atoms with Gasteiger partial charge in [0.1, 0.15) is 11.5 Å². The molecule has 0 aliphatic carbocycles. The number of carbonyl (C=O) groups is 2. The van der Waals surface area contributed by atoms with Crippen molar-refractivity contribution in [2.24, 2.45) is 10.5 Å². The van der Waals surface area contributed by atoms with Gasteiger partial charge in [0.15, 0.2) is 0 Å². The van der Waals surface area contributed by atoms with Crippen LogP contribution in [-0.4, -0.2) is 47.2 Å². The number of rotatable bonds is 4. The zero-order chi connectivity index (χ0) is 17.9. The van der Waals surface area contributed by atoms with Crippen LogP contribution in [0.2, 0.25) is 0 Å². The molecule has 2 aliphatic heterocycles. The Balaban J connectivity index is 1.72. The molecule has 3 rings (SSSR count). The number of aliphatic hydroxyl groups is 1. The van der Waals surface area contributed by atoms with E-state index in [0.29, 0.717) is 31.6 Å². The number of hydrogen-bond donors (Lipinski definition) is 2. The Morgan fingerprint density at radius 3 is 2.72 bits per heavy atom. The molecule has 1 aromatic rings. The second-order valence-electron chi connectivity index (χ2n) is 6.89. The standard InChI is InChI=1S/C18H22FN3O3/c19-14-4-2-13(3-5-14)10-18(12-23)8-1-9-22(11-18)17(25)15-6-7-16(24)21-20-15/h2-5,23H,1,6-12H2,(H,21,24)/t18-/m1/s1. The molecule has 0 aromatic heterocycles. The van der Waals surface area contributed by atoms with Gasteiger partial charge in [0.25, 0.3) is 5.91 Å². The highest BCUT2D eigenvalue weighted by Gasteiger charge is 2.38. The Morgan fingerprint density at radius 2 is 2.08 bits per heavy atom. The van der Waals surface area contributed by atoms with E-state index in [2.05, 4.69) is 10.5 Å². The number of amides is 2. The molecule has 0 saturated carbocycles. The van der Waals surface area contributed by atoms with Crippen LogP contribution >= 0.6 is 0 Å². The Bertz CT molecular complexity index is 689. The van der Waals surface area contributed by atoms with Crippen LogP contribution in [-0.2, 0) is 16.0 Å². The van der Waals surface area contributed by atoms with E-state index in [1.165, 1.54) is 12.1 Å². The molecule has 134 valence electrons. The molecule has 1 atom stereocenters. The molecule has 2 amide bonds. The summed E-state index contributed by atoms with van der Waals surface area (Å²) in [5, 5.41) is 13.9. The predicted molar refractivity (Wildman–Crippen MR) is 90.2 cm³/mol. The van der Waals surface area contributed by atoms with Crippen LogP contribution in [0.25, 0.3) is 0 Å². The summed E-state index contributed by atoms with van der Waals surface area (Å²) in [6.45, 7) is 0.987. The molecule has 2 N–H and O–H groups in total. The van der Waals surface area contributed by atoms with E-state index in [4.69, 9.17) is 0 Å². The van der Waals surface area contributed by atoms with Crippen LogP contribution < -0.4 is 5.43 Å². The summed E-state index contributed by atoms with van der Waals surface area (Å²) >= 11 is 0. The number of benzene rings is 1. The van der Waals surface area contributed by atoms with Crippen molar-refractivity contribution in [3.8, 4) is 0 Å². The first-order valence-corrected chi connectivity index (χ1v) is 8.51. The van der Waals surface area contributed by atoms with Crippen molar-refractivity contribution in [3.05, 3.63) is 35.6 Å². The molecule has 1 aromatic carbocycles. The fraction of sp³-hybridized carbons (Fsp3) is 0.500. The van der Waals surface area contributed by atoms with Gasteiger partial charge in [-0.1, -0.05) is 12.1 Å². The molecule has 7 heteroatoms. The van der Waals surface area contributed by atoms with E-state index in [1.54, 1.807) is 17.0 Å². The molecule has 0 radical (unpaired) electrons. The van der Waals surface area contributed by atoms with Crippen molar-refractivity contribution < 1.29 is 19.1 Å². The number of nitrogens with one attached hydrogen (secondary N) is 1. The van der Waals surface area contributed by atoms with E-state index in [9.17, 15) is 19.1 Å². The average Bonchev–Trinajstić information content (AvgIpc) is 2.64. The van der Waals surface area contributed by atoms with Crippen LogP contribution in [0.3, 0.4) is 0 Å². The number of carbonyl (C=O) groups excluding carboxylic acids is 2. The van der Waals surface area contributed by atoms with Crippen molar-refractivity contribution in [2.45, 2.75) is 32.1 Å². The second kappa shape index (κ2) is 7.31. The quantitative estimate of drug-likeness (QED) is 0.860. The first-order valence-electron chi connectivity index (χ1n) is 8.51. The van der Waals surface area contributed by atoms with Gasteiger partial charge in [0.05, 0.1) is 6.61 Å². The summed E-state index contributed by atoms with van der Waals surface area (Å²) in [5.74, 6) is -0.660. The molecule has 25 heavy (non-hydrogen) atoms. The molecule has 0 bridgehead atoms. The summed E-state index contributed by atoms with van der Waals surface area (Å²) in [5.41, 5.74) is 3.20. The number of aliphatic hydroxyl groups excluding tert-OH is 1. The lowest BCUT2D eigenvalue weighted by Gasteiger charge is -2.42. The highest BCUT2D eigenvalue weighted by molar-refractivity contribution is 6.39. The van der Waals surface area contributed by atoms with Crippen LogP contribution in [0.1, 0.15) is 31.2 Å². The van der Waals surface area contributed by atoms with Gasteiger partial charge in [-0.3, -0.25) is 9.59 Å².